The Balaban J connectivity index is 1.89. The first-order valence-corrected chi connectivity index (χ1v) is 9.36. The minimum absolute atomic E-state index is 0.00454. The van der Waals surface area contributed by atoms with Gasteiger partial charge in [0.15, 0.2) is 0 Å². The van der Waals surface area contributed by atoms with Gasteiger partial charge in [0, 0.05) is 42.8 Å². The van der Waals surface area contributed by atoms with E-state index in [2.05, 4.69) is 39.9 Å². The van der Waals surface area contributed by atoms with Crippen LogP contribution in [0.4, 0.5) is 0 Å². The van der Waals surface area contributed by atoms with E-state index in [1.807, 2.05) is 0 Å². The summed E-state index contributed by atoms with van der Waals surface area (Å²) in [5.74, 6) is 1.14. The van der Waals surface area contributed by atoms with E-state index in [1.54, 1.807) is 11.3 Å². The summed E-state index contributed by atoms with van der Waals surface area (Å²) in [6.07, 6.45) is 4.13. The first kappa shape index (κ1) is 15.4. The second-order valence-corrected chi connectivity index (χ2v) is 7.87. The molecule has 4 rings (SSSR count). The van der Waals surface area contributed by atoms with E-state index in [0.29, 0.717) is 0 Å². The van der Waals surface area contributed by atoms with Gasteiger partial charge in [-0.1, -0.05) is 18.3 Å². The van der Waals surface area contributed by atoms with Gasteiger partial charge in [-0.2, -0.15) is 8.90 Å². The molecule has 0 amide bonds. The van der Waals surface area contributed by atoms with Crippen LogP contribution in [0.5, 0.6) is 0 Å². The van der Waals surface area contributed by atoms with Crippen LogP contribution in [0.3, 0.4) is 0 Å². The van der Waals surface area contributed by atoms with Crippen molar-refractivity contribution in [3.05, 3.63) is 28.5 Å². The Morgan fingerprint density at radius 1 is 1.43 bits per heavy atom. The molecule has 1 aliphatic rings. The molecule has 0 fully saturated rings. The summed E-state index contributed by atoms with van der Waals surface area (Å²) in [5.41, 5.74) is 3.50. The number of hydrogen-bond donors (Lipinski definition) is 0. The van der Waals surface area contributed by atoms with Crippen LogP contribution in [-0.4, -0.2) is 0 Å². The second-order valence-electron chi connectivity index (χ2n) is 5.76. The maximum absolute atomic E-state index is 10.2. The number of nitrogens with zero attached hydrogens (tertiary/aromatic N) is 1. The maximum Gasteiger partial charge on any atom is 0.236 e. The molecular formula is C16H17NO4S2. The number of benzene rings is 1. The Morgan fingerprint density at radius 3 is 3.09 bits per heavy atom. The van der Waals surface area contributed by atoms with Gasteiger partial charge < -0.3 is 9.67 Å². The van der Waals surface area contributed by atoms with E-state index in [0.717, 1.165) is 53.2 Å². The van der Waals surface area contributed by atoms with Gasteiger partial charge in [-0.3, -0.25) is 5.04 Å². The molecule has 0 saturated heterocycles. The molecule has 1 unspecified atom stereocenters. The van der Waals surface area contributed by atoms with E-state index in [9.17, 15) is 5.26 Å². The van der Waals surface area contributed by atoms with Crippen LogP contribution in [0.25, 0.3) is 21.2 Å². The molecule has 1 aromatic carbocycles. The van der Waals surface area contributed by atoms with E-state index < -0.39 is 0 Å². The molecule has 1 atom stereocenters. The van der Waals surface area contributed by atoms with Crippen molar-refractivity contribution in [2.24, 2.45) is 0 Å². The summed E-state index contributed by atoms with van der Waals surface area (Å²) in [5, 5.41) is 16.1. The first-order chi connectivity index (χ1) is 11.2. The third kappa shape index (κ3) is 2.47. The summed E-state index contributed by atoms with van der Waals surface area (Å²) in [6, 6.07) is 4.36. The summed E-state index contributed by atoms with van der Waals surface area (Å²) in [7, 11) is 0. The van der Waals surface area contributed by atoms with Crippen molar-refractivity contribution in [2.45, 2.75) is 44.9 Å². The zero-order valence-corrected chi connectivity index (χ0v) is 14.6. The lowest BCUT2D eigenvalue weighted by molar-refractivity contribution is -0.778. The van der Waals surface area contributed by atoms with Crippen LogP contribution in [0.15, 0.2) is 16.5 Å². The highest BCUT2D eigenvalue weighted by Gasteiger charge is 2.29. The Bertz CT molecular complexity index is 870. The van der Waals surface area contributed by atoms with E-state index in [1.165, 1.54) is 22.1 Å². The van der Waals surface area contributed by atoms with E-state index >= 15 is 0 Å². The SMILES string of the molecule is CCC(SOO[O-])[n+]1c(C)sc2cc3oc4c(c3cc21)CCC4. The average Bonchev–Trinajstić information content (AvgIpc) is 3.19. The first-order valence-electron chi connectivity index (χ1n) is 7.73. The fourth-order valence-electron chi connectivity index (χ4n) is 3.48. The number of aryl methyl sites for hydroxylation is 3. The lowest BCUT2D eigenvalue weighted by atomic mass is 10.1. The third-order valence-electron chi connectivity index (χ3n) is 4.46. The third-order valence-corrected chi connectivity index (χ3v) is 6.40. The summed E-state index contributed by atoms with van der Waals surface area (Å²) >= 11 is 2.78. The molecular weight excluding hydrogens is 334 g/mol. The maximum atomic E-state index is 10.2. The minimum atomic E-state index is -0.00454. The van der Waals surface area contributed by atoms with Crippen LogP contribution in [0.2, 0.25) is 0 Å². The lowest BCUT2D eigenvalue weighted by Crippen LogP contribution is -2.38. The fraction of sp³-hybridized carbons (Fsp3) is 0.438. The molecule has 2 aromatic heterocycles. The quantitative estimate of drug-likeness (QED) is 0.305. The van der Waals surface area contributed by atoms with Crippen LogP contribution in [0, 0.1) is 6.92 Å². The normalized spacial score (nSPS) is 15.6. The molecule has 1 aliphatic carbocycles. The van der Waals surface area contributed by atoms with Gasteiger partial charge in [0.1, 0.15) is 28.1 Å². The van der Waals surface area contributed by atoms with Crippen molar-refractivity contribution < 1.29 is 23.6 Å². The predicted molar refractivity (Wildman–Crippen MR) is 87.6 cm³/mol. The van der Waals surface area contributed by atoms with E-state index in [4.69, 9.17) is 4.42 Å². The fourth-order valence-corrected chi connectivity index (χ4v) is 5.23. The number of hydrogen-bond acceptors (Lipinski definition) is 6. The molecule has 7 heteroatoms. The molecule has 2 heterocycles. The standard InChI is InChI=1S/C16H17NO4S2/c1-3-16(23-21-20-18)17-9(2)22-15-8-14-11(7-12(15)17)10-5-4-6-13(10)19-14/h7-8,16H,3-6H2,1-2H3. The molecule has 0 N–H and O–H groups in total. The van der Waals surface area contributed by atoms with Crippen molar-refractivity contribution in [1.82, 2.24) is 0 Å². The van der Waals surface area contributed by atoms with Gasteiger partial charge in [-0.05, 0) is 12.8 Å². The summed E-state index contributed by atoms with van der Waals surface area (Å²) in [4.78, 5) is 0. The summed E-state index contributed by atoms with van der Waals surface area (Å²) in [6.45, 7) is 4.15. The number of furan rings is 1. The van der Waals surface area contributed by atoms with Crippen LogP contribution < -0.4 is 9.82 Å². The van der Waals surface area contributed by atoms with Crippen molar-refractivity contribution in [3.63, 3.8) is 0 Å². The highest BCUT2D eigenvalue weighted by Crippen LogP contribution is 2.37. The van der Waals surface area contributed by atoms with Gasteiger partial charge in [-0.15, -0.1) is 0 Å². The number of rotatable bonds is 5. The number of thiazole rings is 1. The second kappa shape index (κ2) is 6.07. The minimum Gasteiger partial charge on any atom is -0.691 e. The van der Waals surface area contributed by atoms with Crippen LogP contribution in [0.1, 0.15) is 41.5 Å². The highest BCUT2D eigenvalue weighted by molar-refractivity contribution is 7.94. The molecule has 0 saturated carbocycles. The Hall–Kier alpha value is -1.12. The van der Waals surface area contributed by atoms with Crippen molar-refractivity contribution >= 4 is 44.6 Å². The zero-order chi connectivity index (χ0) is 16.0. The largest absolute Gasteiger partial charge is 0.691 e. The molecule has 23 heavy (non-hydrogen) atoms. The van der Waals surface area contributed by atoms with Crippen molar-refractivity contribution in [2.75, 3.05) is 0 Å². The monoisotopic (exact) mass is 351 g/mol. The lowest BCUT2D eigenvalue weighted by Gasteiger charge is -2.10. The van der Waals surface area contributed by atoms with E-state index in [-0.39, 0.29) is 5.37 Å². The zero-order valence-electron chi connectivity index (χ0n) is 13.0. The smallest absolute Gasteiger partial charge is 0.236 e. The molecule has 0 aliphatic heterocycles. The van der Waals surface area contributed by atoms with Gasteiger partial charge >= 0.3 is 0 Å². The van der Waals surface area contributed by atoms with Gasteiger partial charge in [0.25, 0.3) is 0 Å². The van der Waals surface area contributed by atoms with Gasteiger partial charge in [-0.25, -0.2) is 0 Å². The van der Waals surface area contributed by atoms with Crippen molar-refractivity contribution in [3.8, 4) is 0 Å². The molecule has 0 spiro atoms. The highest BCUT2D eigenvalue weighted by atomic mass is 32.2. The number of fused-ring (bicyclic) bond motifs is 4. The Morgan fingerprint density at radius 2 is 2.30 bits per heavy atom. The van der Waals surface area contributed by atoms with Crippen LogP contribution >= 0.6 is 23.4 Å². The van der Waals surface area contributed by atoms with Crippen molar-refractivity contribution in [1.29, 1.82) is 0 Å². The Labute approximate surface area is 141 Å². The topological polar surface area (TPSA) is 58.5 Å². The number of aromatic nitrogens is 1. The predicted octanol–water partition coefficient (Wildman–Crippen LogP) is 3.51. The average molecular weight is 351 g/mol. The molecule has 122 valence electrons. The molecule has 0 bridgehead atoms. The molecule has 0 radical (unpaired) electrons. The molecule has 5 nitrogen and oxygen atoms in total. The van der Waals surface area contributed by atoms with Crippen LogP contribution in [-0.2, 0) is 22.2 Å². The van der Waals surface area contributed by atoms with Gasteiger partial charge in [0.05, 0.1) is 0 Å². The van der Waals surface area contributed by atoms with Gasteiger partial charge in [0.2, 0.25) is 15.9 Å². The Kier molecular flexibility index (Phi) is 4.07. The molecule has 3 aromatic rings. The summed E-state index contributed by atoms with van der Waals surface area (Å²) < 4.78 is 14.0.